The fraction of sp³-hybridized carbons (Fsp3) is 0.387. The van der Waals surface area contributed by atoms with Crippen LogP contribution in [0.5, 0.6) is 0 Å². The van der Waals surface area contributed by atoms with E-state index in [0.717, 1.165) is 16.7 Å². The summed E-state index contributed by atoms with van der Waals surface area (Å²) in [6.07, 6.45) is -1.55. The molecule has 196 valence electrons. The number of fused-ring (bicyclic) bond motifs is 1. The molecule has 0 bridgehead atoms. The zero-order chi connectivity index (χ0) is 25.9. The van der Waals surface area contributed by atoms with Crippen molar-refractivity contribution < 1.29 is 28.5 Å². The van der Waals surface area contributed by atoms with E-state index in [1.165, 1.54) is 0 Å². The Labute approximate surface area is 246 Å². The zero-order valence-corrected chi connectivity index (χ0v) is 21.5. The van der Waals surface area contributed by atoms with Crippen LogP contribution in [-0.4, -0.2) is 78.9 Å². The molecule has 2 fully saturated rings. The van der Waals surface area contributed by atoms with Crippen molar-refractivity contribution in [1.29, 1.82) is 0 Å². The van der Waals surface area contributed by atoms with Crippen molar-refractivity contribution in [3.05, 3.63) is 108 Å². The molecule has 4 atom stereocenters. The second kappa shape index (κ2) is 12.4. The van der Waals surface area contributed by atoms with Crippen molar-refractivity contribution in [1.82, 2.24) is 0 Å². The molecule has 0 N–H and O–H groups in total. The monoisotopic (exact) mass is 526 g/mol. The molecule has 0 saturated carbocycles. The zero-order valence-electron chi connectivity index (χ0n) is 21.5. The molecule has 7 heteroatoms. The first-order chi connectivity index (χ1) is 17.9. The Hall–Kier alpha value is -2.03. The molecule has 38 heavy (non-hydrogen) atoms. The number of hydrogen-bond donors (Lipinski definition) is 0. The van der Waals surface area contributed by atoms with Gasteiger partial charge in [-0.25, -0.2) is 0 Å². The van der Waals surface area contributed by atoms with Crippen LogP contribution in [0.15, 0.2) is 91.0 Å². The van der Waals surface area contributed by atoms with Crippen molar-refractivity contribution in [2.24, 2.45) is 0 Å². The molecule has 0 radical (unpaired) electrons. The molecule has 0 spiro atoms. The molecule has 1 unspecified atom stereocenters. The molecule has 6 nitrogen and oxygen atoms in total. The molecule has 2 aliphatic heterocycles. The predicted molar refractivity (Wildman–Crippen MR) is 146 cm³/mol. The van der Waals surface area contributed by atoms with Crippen LogP contribution in [0, 0.1) is 0 Å². The summed E-state index contributed by atoms with van der Waals surface area (Å²) in [5, 5.41) is 0. The molecule has 5 rings (SSSR count). The Balaban J connectivity index is 0.00000336. The Morgan fingerprint density at radius 1 is 0.789 bits per heavy atom. The second-order valence-corrected chi connectivity index (χ2v) is 9.88. The summed E-state index contributed by atoms with van der Waals surface area (Å²) in [5.41, 5.74) is 2.15. The first-order valence-electron chi connectivity index (χ1n) is 12.9. The van der Waals surface area contributed by atoms with Crippen LogP contribution in [-0.2, 0) is 34.1 Å². The summed E-state index contributed by atoms with van der Waals surface area (Å²) in [5.74, 6) is -1.09. The number of ether oxygens (including phenoxy) is 5. The summed E-state index contributed by atoms with van der Waals surface area (Å²) in [4.78, 5) is 12.3. The summed E-state index contributed by atoms with van der Waals surface area (Å²) in [6.45, 7) is 6.11. The number of carbonyl (C=O) groups is 1. The molecule has 2 aliphatic rings. The average Bonchev–Trinajstić information content (AvgIpc) is 3.39. The third kappa shape index (κ3) is 5.92. The van der Waals surface area contributed by atoms with Gasteiger partial charge >= 0.3 is 35.5 Å². The van der Waals surface area contributed by atoms with Gasteiger partial charge in [0.2, 0.25) is 0 Å². The van der Waals surface area contributed by atoms with E-state index in [-0.39, 0.29) is 60.8 Å². The van der Waals surface area contributed by atoms with Crippen molar-refractivity contribution in [2.75, 3.05) is 13.2 Å². The number of hydrogen-bond acceptors (Lipinski definition) is 6. The molecule has 0 aliphatic carbocycles. The minimum absolute atomic E-state index is 0. The van der Waals surface area contributed by atoms with Crippen LogP contribution in [0.3, 0.4) is 0 Å². The molecule has 2 saturated heterocycles. The van der Waals surface area contributed by atoms with Crippen LogP contribution in [0.25, 0.3) is 0 Å². The van der Waals surface area contributed by atoms with Crippen LogP contribution in [0.4, 0.5) is 0 Å². The number of benzene rings is 3. The Morgan fingerprint density at radius 2 is 1.24 bits per heavy atom. The molecule has 0 aromatic heterocycles. The van der Waals surface area contributed by atoms with E-state index in [2.05, 4.69) is 36.4 Å². The fourth-order valence-electron chi connectivity index (χ4n) is 5.43. The van der Waals surface area contributed by atoms with Crippen molar-refractivity contribution in [3.63, 3.8) is 0 Å². The topological polar surface area (TPSA) is 63.2 Å². The summed E-state index contributed by atoms with van der Waals surface area (Å²) in [7, 11) is 0. The quantitative estimate of drug-likeness (QED) is 0.231. The average molecular weight is 527 g/mol. The summed E-state index contributed by atoms with van der Waals surface area (Å²) >= 11 is 0. The Bertz CT molecular complexity index is 1070. The van der Waals surface area contributed by atoms with E-state index in [1.807, 2.05) is 68.4 Å². The van der Waals surface area contributed by atoms with Gasteiger partial charge < -0.3 is 23.7 Å². The van der Waals surface area contributed by atoms with Crippen LogP contribution < -0.4 is 0 Å². The maximum atomic E-state index is 12.3. The Kier molecular flexibility index (Phi) is 9.48. The second-order valence-electron chi connectivity index (χ2n) is 9.88. The fourth-order valence-corrected chi connectivity index (χ4v) is 5.43. The van der Waals surface area contributed by atoms with E-state index in [4.69, 9.17) is 23.7 Å². The molecule has 0 amide bonds. The van der Waals surface area contributed by atoms with Gasteiger partial charge in [-0.2, -0.15) is 0 Å². The van der Waals surface area contributed by atoms with E-state index >= 15 is 0 Å². The molecular formula is C31H35NaO6. The molecule has 3 aromatic carbocycles. The van der Waals surface area contributed by atoms with Gasteiger partial charge in [0, 0.05) is 0 Å². The SMILES string of the molecule is CCOC(=O)CC1O[C@H](COC(c2ccccc2)(c2ccccc2)c2ccccc2)[C@H]2OC(C)(C)O[C@@H]12.[NaH]. The normalized spacial score (nSPS) is 23.9. The third-order valence-electron chi connectivity index (χ3n) is 6.92. The van der Waals surface area contributed by atoms with Crippen LogP contribution in [0.2, 0.25) is 0 Å². The van der Waals surface area contributed by atoms with Crippen LogP contribution >= 0.6 is 0 Å². The van der Waals surface area contributed by atoms with Crippen LogP contribution in [0.1, 0.15) is 43.9 Å². The van der Waals surface area contributed by atoms with Gasteiger partial charge in [0.15, 0.2) is 5.79 Å². The Morgan fingerprint density at radius 3 is 1.68 bits per heavy atom. The van der Waals surface area contributed by atoms with Gasteiger partial charge in [0.05, 0.1) is 25.7 Å². The maximum absolute atomic E-state index is 12.3. The van der Waals surface area contributed by atoms with Gasteiger partial charge in [-0.15, -0.1) is 0 Å². The van der Waals surface area contributed by atoms with Gasteiger partial charge in [0.25, 0.3) is 0 Å². The summed E-state index contributed by atoms with van der Waals surface area (Å²) in [6, 6.07) is 30.6. The molecule has 2 heterocycles. The number of esters is 1. The van der Waals surface area contributed by atoms with Gasteiger partial charge in [-0.05, 0) is 37.5 Å². The van der Waals surface area contributed by atoms with E-state index in [0.29, 0.717) is 6.61 Å². The molecular weight excluding hydrogens is 491 g/mol. The number of carbonyl (C=O) groups excluding carboxylic acids is 1. The third-order valence-corrected chi connectivity index (χ3v) is 6.92. The summed E-state index contributed by atoms with van der Waals surface area (Å²) < 4.78 is 30.9. The van der Waals surface area contributed by atoms with Gasteiger partial charge in [0.1, 0.15) is 23.9 Å². The van der Waals surface area contributed by atoms with Crippen molar-refractivity contribution >= 4 is 35.5 Å². The predicted octanol–water partition coefficient (Wildman–Crippen LogP) is 4.59. The standard InChI is InChI=1S/C31H34O6.Na.H/c1-4-33-27(32)20-25-28-29(37-30(2,3)36-28)26(35-25)21-34-31(22-14-8-5-9-15-22,23-16-10-6-11-17-23)24-18-12-7-13-19-24;;/h5-19,25-26,28-29H,4,20-21H2,1-3H3;;/t25?,26-,28+,29-;;/m1../s1. The van der Waals surface area contributed by atoms with Gasteiger partial charge in [-0.3, -0.25) is 4.79 Å². The van der Waals surface area contributed by atoms with E-state index in [1.54, 1.807) is 6.92 Å². The molecule has 3 aromatic rings. The van der Waals surface area contributed by atoms with Gasteiger partial charge in [-0.1, -0.05) is 91.0 Å². The van der Waals surface area contributed by atoms with Crippen molar-refractivity contribution in [3.8, 4) is 0 Å². The van der Waals surface area contributed by atoms with E-state index in [9.17, 15) is 4.79 Å². The number of rotatable bonds is 9. The first-order valence-corrected chi connectivity index (χ1v) is 12.9. The minimum atomic E-state index is -0.878. The first kappa shape index (κ1) is 29.0. The van der Waals surface area contributed by atoms with Crippen molar-refractivity contribution in [2.45, 2.75) is 63.0 Å². The van der Waals surface area contributed by atoms with E-state index < -0.39 is 23.6 Å².